The van der Waals surface area contributed by atoms with Crippen LogP contribution >= 0.6 is 23.1 Å². The van der Waals surface area contributed by atoms with Gasteiger partial charge in [0, 0.05) is 25.4 Å². The Morgan fingerprint density at radius 3 is 2.79 bits per heavy atom. The lowest BCUT2D eigenvalue weighted by molar-refractivity contribution is -0.641. The molecule has 3 aromatic rings. The van der Waals surface area contributed by atoms with Crippen LogP contribution in [0, 0.1) is 0 Å². The lowest BCUT2D eigenvalue weighted by Crippen LogP contribution is -3.00. The summed E-state index contributed by atoms with van der Waals surface area (Å²) in [5, 5.41) is 5.26. The molecule has 0 bridgehead atoms. The second kappa shape index (κ2) is 7.45. The smallest absolute Gasteiger partial charge is 0.262 e. The molecule has 0 radical (unpaired) electrons. The van der Waals surface area contributed by atoms with Crippen LogP contribution in [0.2, 0.25) is 0 Å². The number of allylic oxidation sites excluding steroid dienone is 2. The molecule has 1 aromatic heterocycles. The number of fused-ring (bicyclic) bond motifs is 3. The zero-order chi connectivity index (χ0) is 15.8. The highest BCUT2D eigenvalue weighted by atomic mass is 127. The van der Waals surface area contributed by atoms with Gasteiger partial charge in [0.25, 0.3) is 5.01 Å². The molecule has 2 aromatic carbocycles. The molecule has 124 valence electrons. The number of aromatic nitrogens is 1. The van der Waals surface area contributed by atoms with Gasteiger partial charge in [-0.15, -0.1) is 11.8 Å². The quantitative estimate of drug-likeness (QED) is 0.417. The van der Waals surface area contributed by atoms with Crippen molar-refractivity contribution in [3.8, 4) is 0 Å². The number of hydrogen-bond acceptors (Lipinski definition) is 3. The first-order valence-electron chi connectivity index (χ1n) is 7.76. The van der Waals surface area contributed by atoms with Crippen LogP contribution < -0.4 is 28.5 Å². The summed E-state index contributed by atoms with van der Waals surface area (Å²) in [4.78, 5) is 2.31. The van der Waals surface area contributed by atoms with Crippen molar-refractivity contribution in [3.63, 3.8) is 0 Å². The molecule has 0 aliphatic carbocycles. The molecule has 0 amide bonds. The Kier molecular flexibility index (Phi) is 5.52. The SMILES string of the molecule is CN1CCS/C1=C\C=C\c1sc2ccc3ccccc3c2[n+]1C.[I-]. The second-order valence-electron chi connectivity index (χ2n) is 5.77. The van der Waals surface area contributed by atoms with Crippen molar-refractivity contribution in [3.05, 3.63) is 58.6 Å². The summed E-state index contributed by atoms with van der Waals surface area (Å²) < 4.78 is 3.65. The van der Waals surface area contributed by atoms with Gasteiger partial charge < -0.3 is 28.9 Å². The van der Waals surface area contributed by atoms with Gasteiger partial charge in [-0.25, -0.2) is 0 Å². The summed E-state index contributed by atoms with van der Waals surface area (Å²) >= 11 is 3.78. The van der Waals surface area contributed by atoms with Gasteiger partial charge in [-0.2, -0.15) is 4.57 Å². The van der Waals surface area contributed by atoms with Crippen LogP contribution in [0.15, 0.2) is 53.6 Å². The Bertz CT molecular complexity index is 943. The summed E-state index contributed by atoms with van der Waals surface area (Å²) in [7, 11) is 4.32. The monoisotopic (exact) mass is 466 g/mol. The van der Waals surface area contributed by atoms with E-state index in [9.17, 15) is 0 Å². The van der Waals surface area contributed by atoms with E-state index >= 15 is 0 Å². The molecule has 0 saturated carbocycles. The third kappa shape index (κ3) is 3.21. The fourth-order valence-corrected chi connectivity index (χ4v) is 5.14. The van der Waals surface area contributed by atoms with E-state index in [1.54, 1.807) is 0 Å². The zero-order valence-electron chi connectivity index (χ0n) is 13.7. The molecular formula is C19H19IN2S2. The Labute approximate surface area is 167 Å². The number of halogens is 1. The number of thioether (sulfide) groups is 1. The largest absolute Gasteiger partial charge is 1.00 e. The summed E-state index contributed by atoms with van der Waals surface area (Å²) in [5.41, 5.74) is 1.33. The fourth-order valence-electron chi connectivity index (χ4n) is 3.00. The topological polar surface area (TPSA) is 7.12 Å². The van der Waals surface area contributed by atoms with Crippen LogP contribution in [-0.2, 0) is 7.05 Å². The summed E-state index contributed by atoms with van der Waals surface area (Å²) in [6.45, 7) is 1.15. The lowest BCUT2D eigenvalue weighted by atomic mass is 10.1. The molecule has 1 aliphatic heterocycles. The van der Waals surface area contributed by atoms with Gasteiger partial charge in [0.1, 0.15) is 11.7 Å². The standard InChI is InChI=1S/C19H19N2S2.HI/c1-20-12-13-22-17(20)8-5-9-18-21(2)19-15-7-4-3-6-14(15)10-11-16(19)23-18;/h3-11H,12-13H2,1-2H3;1H/q+1;/p-1. The van der Waals surface area contributed by atoms with Crippen LogP contribution in [0.5, 0.6) is 0 Å². The van der Waals surface area contributed by atoms with E-state index in [-0.39, 0.29) is 24.0 Å². The first kappa shape index (κ1) is 17.8. The highest BCUT2D eigenvalue weighted by molar-refractivity contribution is 8.03. The van der Waals surface area contributed by atoms with Crippen molar-refractivity contribution < 1.29 is 28.5 Å². The molecule has 0 spiro atoms. The molecule has 2 nitrogen and oxygen atoms in total. The molecule has 1 saturated heterocycles. The number of thiazole rings is 1. The number of hydrogen-bond donors (Lipinski definition) is 0. The highest BCUT2D eigenvalue weighted by Gasteiger charge is 2.17. The normalized spacial score (nSPS) is 16.6. The van der Waals surface area contributed by atoms with Gasteiger partial charge in [0.05, 0.1) is 10.4 Å². The number of benzene rings is 2. The first-order valence-corrected chi connectivity index (χ1v) is 9.57. The van der Waals surface area contributed by atoms with Gasteiger partial charge in [-0.1, -0.05) is 41.7 Å². The van der Waals surface area contributed by atoms with Crippen molar-refractivity contribution in [1.29, 1.82) is 0 Å². The minimum atomic E-state index is 0. The molecule has 1 aliphatic rings. The molecule has 4 rings (SSSR count). The van der Waals surface area contributed by atoms with Crippen LogP contribution in [-0.4, -0.2) is 24.2 Å². The van der Waals surface area contributed by atoms with E-state index in [4.69, 9.17) is 0 Å². The van der Waals surface area contributed by atoms with Gasteiger partial charge in [-0.05, 0) is 23.6 Å². The van der Waals surface area contributed by atoms with Crippen molar-refractivity contribution in [1.82, 2.24) is 4.90 Å². The fraction of sp³-hybridized carbons (Fsp3) is 0.211. The molecule has 0 N–H and O–H groups in total. The van der Waals surface area contributed by atoms with Crippen LogP contribution in [0.3, 0.4) is 0 Å². The van der Waals surface area contributed by atoms with E-state index < -0.39 is 0 Å². The Balaban J connectivity index is 0.00000169. The molecule has 1 fully saturated rings. The summed E-state index contributed by atoms with van der Waals surface area (Å²) in [6.07, 6.45) is 6.62. The lowest BCUT2D eigenvalue weighted by Gasteiger charge is -2.09. The highest BCUT2D eigenvalue weighted by Crippen LogP contribution is 2.29. The van der Waals surface area contributed by atoms with Crippen molar-refractivity contribution in [2.45, 2.75) is 0 Å². The third-order valence-corrected chi connectivity index (χ3v) is 6.57. The Morgan fingerprint density at radius 1 is 1.17 bits per heavy atom. The third-order valence-electron chi connectivity index (χ3n) is 4.27. The predicted octanol–water partition coefficient (Wildman–Crippen LogP) is 1.42. The van der Waals surface area contributed by atoms with Crippen LogP contribution in [0.25, 0.3) is 27.1 Å². The number of nitrogens with zero attached hydrogens (tertiary/aromatic N) is 2. The van der Waals surface area contributed by atoms with Gasteiger partial charge >= 0.3 is 0 Å². The number of aryl methyl sites for hydroxylation is 1. The average Bonchev–Trinajstić information content (AvgIpc) is 3.12. The van der Waals surface area contributed by atoms with Crippen molar-refractivity contribution in [2.24, 2.45) is 7.05 Å². The first-order chi connectivity index (χ1) is 11.2. The minimum absolute atomic E-state index is 0. The summed E-state index contributed by atoms with van der Waals surface area (Å²) in [5.74, 6) is 1.19. The van der Waals surface area contributed by atoms with Crippen molar-refractivity contribution in [2.75, 3.05) is 19.3 Å². The molecule has 5 heteroatoms. The Morgan fingerprint density at radius 2 is 2.00 bits per heavy atom. The van der Waals surface area contributed by atoms with E-state index in [0.717, 1.165) is 6.54 Å². The predicted molar refractivity (Wildman–Crippen MR) is 103 cm³/mol. The Hall–Kier alpha value is -1.05. The molecule has 24 heavy (non-hydrogen) atoms. The van der Waals surface area contributed by atoms with Gasteiger partial charge in [0.2, 0.25) is 5.52 Å². The molecule has 0 atom stereocenters. The van der Waals surface area contributed by atoms with Gasteiger partial charge in [0.15, 0.2) is 0 Å². The second-order valence-corrected chi connectivity index (χ2v) is 7.94. The maximum absolute atomic E-state index is 2.31. The molecule has 2 heterocycles. The van der Waals surface area contributed by atoms with E-state index in [1.165, 1.54) is 36.8 Å². The van der Waals surface area contributed by atoms with Gasteiger partial charge in [-0.3, -0.25) is 0 Å². The van der Waals surface area contributed by atoms with Crippen LogP contribution in [0.1, 0.15) is 5.01 Å². The van der Waals surface area contributed by atoms with Crippen molar-refractivity contribution >= 4 is 50.2 Å². The maximum Gasteiger partial charge on any atom is 0.262 e. The van der Waals surface area contributed by atoms with E-state index in [1.807, 2.05) is 23.1 Å². The van der Waals surface area contributed by atoms with E-state index in [2.05, 4.69) is 78.2 Å². The minimum Gasteiger partial charge on any atom is -1.00 e. The number of rotatable bonds is 2. The van der Waals surface area contributed by atoms with Crippen LogP contribution in [0.4, 0.5) is 0 Å². The summed E-state index contributed by atoms with van der Waals surface area (Å²) in [6, 6.07) is 13.1. The zero-order valence-corrected chi connectivity index (χ0v) is 17.5. The molecule has 0 unspecified atom stereocenters. The average molecular weight is 466 g/mol. The maximum atomic E-state index is 2.31. The van der Waals surface area contributed by atoms with E-state index in [0.29, 0.717) is 0 Å². The molecular weight excluding hydrogens is 447 g/mol.